The molecular weight excluding hydrogens is 224 g/mol. The minimum absolute atomic E-state index is 0.494. The second-order valence-electron chi connectivity index (χ2n) is 4.06. The van der Waals surface area contributed by atoms with Crippen LogP contribution in [0.1, 0.15) is 0 Å². The van der Waals surface area contributed by atoms with Crippen LogP contribution in [0.4, 0.5) is 0 Å². The van der Waals surface area contributed by atoms with Crippen LogP contribution in [-0.2, 0) is 11.5 Å². The van der Waals surface area contributed by atoms with Gasteiger partial charge in [-0.25, -0.2) is 4.98 Å². The van der Waals surface area contributed by atoms with Gasteiger partial charge in [-0.05, 0) is 18.2 Å². The number of benzene rings is 2. The van der Waals surface area contributed by atoms with Gasteiger partial charge in [0.25, 0.3) is 0 Å². The first-order valence-corrected chi connectivity index (χ1v) is 5.81. The first-order chi connectivity index (χ1) is 8.90. The molecule has 0 atom stereocenters. The second kappa shape index (κ2) is 4.63. The Morgan fingerprint density at radius 2 is 1.94 bits per heavy atom. The Hall–Kier alpha value is -2.13. The summed E-state index contributed by atoms with van der Waals surface area (Å²) in [5.74, 6) is 0.923. The van der Waals surface area contributed by atoms with Gasteiger partial charge in [-0.1, -0.05) is 36.4 Å². The van der Waals surface area contributed by atoms with E-state index in [1.54, 1.807) is 7.11 Å². The van der Waals surface area contributed by atoms with Crippen LogP contribution < -0.4 is 0 Å². The maximum Gasteiger partial charge on any atom is 0.143 e. The van der Waals surface area contributed by atoms with E-state index in [0.29, 0.717) is 6.73 Å². The average molecular weight is 237 g/mol. The molecule has 0 N–H and O–H groups in total. The van der Waals surface area contributed by atoms with Crippen molar-refractivity contribution in [3.05, 3.63) is 54.6 Å². The summed E-state index contributed by atoms with van der Waals surface area (Å²) in [6, 6.07) is 18.9. The summed E-state index contributed by atoms with van der Waals surface area (Å²) in [7, 11) is 1.69. The maximum atomic E-state index is 5.27. The molecule has 1 aromatic heterocycles. The van der Waals surface area contributed by atoms with E-state index in [4.69, 9.17) is 4.74 Å². The van der Waals surface area contributed by atoms with Gasteiger partial charge in [-0.3, -0.25) is 4.57 Å². The van der Waals surface area contributed by atoms with Gasteiger partial charge in [0.15, 0.2) is 0 Å². The molecule has 0 bridgehead atoms. The van der Waals surface area contributed by atoms with Crippen molar-refractivity contribution in [2.45, 2.75) is 6.73 Å². The van der Waals surface area contributed by atoms with E-state index in [2.05, 4.69) is 21.7 Å². The predicted molar refractivity (Wildman–Crippen MR) is 71.0 cm³/mol. The summed E-state index contributed by atoms with van der Waals surface area (Å²) in [5, 5.41) is 0. The number of imidazole rings is 1. The smallest absolute Gasteiger partial charge is 0.143 e. The fraction of sp³-hybridized carbons (Fsp3) is 0.133. The lowest BCUT2D eigenvalue weighted by Gasteiger charge is -2.07. The highest BCUT2D eigenvalue weighted by atomic mass is 16.5. The Morgan fingerprint density at radius 3 is 2.72 bits per heavy atom. The van der Waals surface area contributed by atoms with Crippen LogP contribution >= 0.6 is 0 Å². The third-order valence-electron chi connectivity index (χ3n) is 2.89. The van der Waals surface area contributed by atoms with E-state index >= 15 is 0 Å². The number of fused-ring (bicyclic) bond motifs is 1. The molecule has 1 radical (unpaired) electrons. The molecule has 0 saturated carbocycles. The zero-order valence-electron chi connectivity index (χ0n) is 10.1. The number of para-hydroxylation sites is 2. The summed E-state index contributed by atoms with van der Waals surface area (Å²) in [5.41, 5.74) is 3.14. The van der Waals surface area contributed by atoms with Crippen molar-refractivity contribution in [2.75, 3.05) is 7.11 Å². The fourth-order valence-corrected chi connectivity index (χ4v) is 2.09. The largest absolute Gasteiger partial charge is 0.364 e. The van der Waals surface area contributed by atoms with Gasteiger partial charge in [-0.2, -0.15) is 0 Å². The third-order valence-corrected chi connectivity index (χ3v) is 2.89. The van der Waals surface area contributed by atoms with Crippen molar-refractivity contribution >= 4 is 11.0 Å². The number of rotatable bonds is 3. The van der Waals surface area contributed by atoms with Gasteiger partial charge in [0.1, 0.15) is 12.6 Å². The highest BCUT2D eigenvalue weighted by Gasteiger charge is 2.11. The number of ether oxygens (including phenoxy) is 1. The molecule has 2 aromatic carbocycles. The SMILES string of the molecule is COCn1c(-c2cc[c]cc2)nc2ccccc21. The molecule has 3 rings (SSSR count). The molecule has 18 heavy (non-hydrogen) atoms. The molecule has 0 aliphatic carbocycles. The molecule has 3 nitrogen and oxygen atoms in total. The summed E-state index contributed by atoms with van der Waals surface area (Å²) in [4.78, 5) is 4.67. The van der Waals surface area contributed by atoms with E-state index in [0.717, 1.165) is 22.4 Å². The third kappa shape index (κ3) is 1.79. The Morgan fingerprint density at radius 1 is 1.17 bits per heavy atom. The van der Waals surface area contributed by atoms with Crippen molar-refractivity contribution in [1.29, 1.82) is 0 Å². The average Bonchev–Trinajstić information content (AvgIpc) is 2.80. The Bertz CT molecular complexity index is 659. The van der Waals surface area contributed by atoms with E-state index in [1.165, 1.54) is 0 Å². The van der Waals surface area contributed by atoms with Crippen LogP contribution in [0.15, 0.2) is 48.5 Å². The monoisotopic (exact) mass is 237 g/mol. The van der Waals surface area contributed by atoms with Crippen molar-refractivity contribution in [3.8, 4) is 11.4 Å². The van der Waals surface area contributed by atoms with Crippen molar-refractivity contribution in [2.24, 2.45) is 0 Å². The molecule has 0 unspecified atom stereocenters. The van der Waals surface area contributed by atoms with E-state index in [1.807, 2.05) is 42.5 Å². The number of methoxy groups -OCH3 is 1. The zero-order valence-corrected chi connectivity index (χ0v) is 10.1. The Labute approximate surface area is 106 Å². The number of hydrogen-bond acceptors (Lipinski definition) is 2. The lowest BCUT2D eigenvalue weighted by molar-refractivity contribution is 0.135. The van der Waals surface area contributed by atoms with Gasteiger partial charge < -0.3 is 4.74 Å². The van der Waals surface area contributed by atoms with Gasteiger partial charge in [0.2, 0.25) is 0 Å². The number of aromatic nitrogens is 2. The second-order valence-corrected chi connectivity index (χ2v) is 4.06. The van der Waals surface area contributed by atoms with Gasteiger partial charge in [-0.15, -0.1) is 0 Å². The van der Waals surface area contributed by atoms with Crippen molar-refractivity contribution in [3.63, 3.8) is 0 Å². The molecule has 3 aromatic rings. The summed E-state index contributed by atoms with van der Waals surface area (Å²) in [6.45, 7) is 0.494. The van der Waals surface area contributed by atoms with E-state index in [9.17, 15) is 0 Å². The lowest BCUT2D eigenvalue weighted by Crippen LogP contribution is -2.01. The normalized spacial score (nSPS) is 10.9. The standard InChI is InChI=1S/C15H13N2O/c1-18-11-17-14-10-6-5-9-13(14)16-15(17)12-7-3-2-4-8-12/h3-10H,11H2,1H3. The predicted octanol–water partition coefficient (Wildman–Crippen LogP) is 3.11. The minimum Gasteiger partial charge on any atom is -0.364 e. The highest BCUT2D eigenvalue weighted by molar-refractivity contribution is 5.80. The van der Waals surface area contributed by atoms with Crippen LogP contribution in [0.25, 0.3) is 22.4 Å². The lowest BCUT2D eigenvalue weighted by atomic mass is 10.2. The van der Waals surface area contributed by atoms with Crippen LogP contribution in [0.5, 0.6) is 0 Å². The molecule has 0 spiro atoms. The van der Waals surface area contributed by atoms with Crippen LogP contribution in [0.2, 0.25) is 0 Å². The van der Waals surface area contributed by atoms with Crippen LogP contribution in [-0.4, -0.2) is 16.7 Å². The van der Waals surface area contributed by atoms with Crippen molar-refractivity contribution < 1.29 is 4.74 Å². The number of hydrogen-bond donors (Lipinski definition) is 0. The molecule has 89 valence electrons. The van der Waals surface area contributed by atoms with E-state index in [-0.39, 0.29) is 0 Å². The van der Waals surface area contributed by atoms with Gasteiger partial charge in [0.05, 0.1) is 11.0 Å². The fourth-order valence-electron chi connectivity index (χ4n) is 2.09. The topological polar surface area (TPSA) is 27.1 Å². The molecule has 0 saturated heterocycles. The zero-order chi connectivity index (χ0) is 12.4. The summed E-state index contributed by atoms with van der Waals surface area (Å²) < 4.78 is 7.35. The van der Waals surface area contributed by atoms with Gasteiger partial charge in [0, 0.05) is 12.7 Å². The molecule has 0 aliphatic heterocycles. The number of nitrogens with zero attached hydrogens (tertiary/aromatic N) is 2. The summed E-state index contributed by atoms with van der Waals surface area (Å²) in [6.07, 6.45) is 0. The molecule has 0 fully saturated rings. The first-order valence-electron chi connectivity index (χ1n) is 5.81. The highest BCUT2D eigenvalue weighted by Crippen LogP contribution is 2.24. The first kappa shape index (κ1) is 11.0. The molecule has 3 heteroatoms. The maximum absolute atomic E-state index is 5.27. The van der Waals surface area contributed by atoms with Crippen LogP contribution in [0, 0.1) is 6.07 Å². The molecule has 0 amide bonds. The Kier molecular flexibility index (Phi) is 2.82. The molecule has 0 aliphatic rings. The van der Waals surface area contributed by atoms with E-state index < -0.39 is 0 Å². The summed E-state index contributed by atoms with van der Waals surface area (Å²) >= 11 is 0. The Balaban J connectivity index is 2.25. The van der Waals surface area contributed by atoms with Gasteiger partial charge >= 0.3 is 0 Å². The van der Waals surface area contributed by atoms with Crippen LogP contribution in [0.3, 0.4) is 0 Å². The quantitative estimate of drug-likeness (QED) is 0.700. The molecular formula is C15H13N2O. The molecule has 1 heterocycles. The minimum atomic E-state index is 0.494. The van der Waals surface area contributed by atoms with Crippen molar-refractivity contribution in [1.82, 2.24) is 9.55 Å².